The standard InChI is InChI=1S/C20H32BNO4/c1-13(2)22(14(3)4)18(23)15-10-11-16(17(12-15)24-9)21-25-19(5,6)20(7,8)26-21/h10-14H,1-9H3. The number of amides is 1. The first-order chi connectivity index (χ1) is 11.9. The second kappa shape index (κ2) is 7.24. The van der Waals surface area contributed by atoms with Crippen LogP contribution in [-0.4, -0.2) is 48.3 Å². The van der Waals surface area contributed by atoms with Crippen molar-refractivity contribution in [2.45, 2.75) is 78.7 Å². The van der Waals surface area contributed by atoms with Gasteiger partial charge in [-0.05, 0) is 67.5 Å². The average molecular weight is 361 g/mol. The van der Waals surface area contributed by atoms with E-state index in [1.807, 2.05) is 72.4 Å². The van der Waals surface area contributed by atoms with Crippen molar-refractivity contribution in [1.29, 1.82) is 0 Å². The van der Waals surface area contributed by atoms with Crippen LogP contribution in [0.1, 0.15) is 65.7 Å². The molecule has 1 aliphatic heterocycles. The predicted octanol–water partition coefficient (Wildman–Crippen LogP) is 3.25. The number of ether oxygens (including phenoxy) is 1. The highest BCUT2D eigenvalue weighted by Gasteiger charge is 2.52. The van der Waals surface area contributed by atoms with Crippen molar-refractivity contribution in [2.24, 2.45) is 0 Å². The highest BCUT2D eigenvalue weighted by atomic mass is 16.7. The molecule has 1 aromatic rings. The van der Waals surface area contributed by atoms with Crippen molar-refractivity contribution in [2.75, 3.05) is 7.11 Å². The Bertz CT molecular complexity index is 646. The van der Waals surface area contributed by atoms with Crippen LogP contribution >= 0.6 is 0 Å². The summed E-state index contributed by atoms with van der Waals surface area (Å²) in [7, 11) is 1.08. The maximum atomic E-state index is 12.9. The summed E-state index contributed by atoms with van der Waals surface area (Å²) >= 11 is 0. The molecule has 1 aliphatic rings. The second-order valence-electron chi connectivity index (χ2n) is 8.44. The number of rotatable bonds is 5. The molecule has 0 N–H and O–H groups in total. The Labute approximate surface area is 158 Å². The van der Waals surface area contributed by atoms with Crippen molar-refractivity contribution in [1.82, 2.24) is 4.90 Å². The molecule has 1 heterocycles. The molecule has 0 bridgehead atoms. The summed E-state index contributed by atoms with van der Waals surface area (Å²) in [5.74, 6) is 0.593. The quantitative estimate of drug-likeness (QED) is 0.756. The Hall–Kier alpha value is -1.53. The Morgan fingerprint density at radius 3 is 1.96 bits per heavy atom. The number of carbonyl (C=O) groups is 1. The van der Waals surface area contributed by atoms with Gasteiger partial charge in [0, 0.05) is 23.1 Å². The molecule has 0 radical (unpaired) electrons. The van der Waals surface area contributed by atoms with Crippen molar-refractivity contribution < 1.29 is 18.8 Å². The van der Waals surface area contributed by atoms with Crippen LogP contribution in [0.15, 0.2) is 18.2 Å². The van der Waals surface area contributed by atoms with Gasteiger partial charge in [0.15, 0.2) is 0 Å². The van der Waals surface area contributed by atoms with Crippen molar-refractivity contribution >= 4 is 18.5 Å². The molecular formula is C20H32BNO4. The van der Waals surface area contributed by atoms with E-state index in [9.17, 15) is 4.79 Å². The zero-order chi connectivity index (χ0) is 19.9. The van der Waals surface area contributed by atoms with E-state index in [-0.39, 0.29) is 18.0 Å². The van der Waals surface area contributed by atoms with Crippen LogP contribution in [0.4, 0.5) is 0 Å². The van der Waals surface area contributed by atoms with E-state index in [1.165, 1.54) is 0 Å². The lowest BCUT2D eigenvalue weighted by atomic mass is 9.78. The summed E-state index contributed by atoms with van der Waals surface area (Å²) in [6, 6.07) is 5.71. The first-order valence-corrected chi connectivity index (χ1v) is 9.27. The number of nitrogens with zero attached hydrogens (tertiary/aromatic N) is 1. The third kappa shape index (κ3) is 3.76. The molecule has 0 aromatic heterocycles. The smallest absolute Gasteiger partial charge is 0.497 e. The summed E-state index contributed by atoms with van der Waals surface area (Å²) in [5, 5.41) is 0. The molecule has 1 aromatic carbocycles. The SMILES string of the molecule is COc1cc(C(=O)N(C(C)C)C(C)C)ccc1B1OC(C)(C)C(C)(C)O1. The first-order valence-electron chi connectivity index (χ1n) is 9.27. The van der Waals surface area contributed by atoms with Gasteiger partial charge in [-0.15, -0.1) is 0 Å². The molecule has 0 saturated carbocycles. The molecule has 0 unspecified atom stereocenters. The molecule has 5 nitrogen and oxygen atoms in total. The van der Waals surface area contributed by atoms with E-state index in [1.54, 1.807) is 13.2 Å². The first kappa shape index (κ1) is 20.8. The Kier molecular flexibility index (Phi) is 5.79. The summed E-state index contributed by atoms with van der Waals surface area (Å²) < 4.78 is 17.8. The van der Waals surface area contributed by atoms with Gasteiger partial charge in [-0.3, -0.25) is 4.79 Å². The monoisotopic (exact) mass is 361 g/mol. The fraction of sp³-hybridized carbons (Fsp3) is 0.650. The minimum absolute atomic E-state index is 0.00577. The van der Waals surface area contributed by atoms with Gasteiger partial charge in [-0.25, -0.2) is 0 Å². The molecule has 0 spiro atoms. The molecule has 1 amide bonds. The zero-order valence-electron chi connectivity index (χ0n) is 17.5. The van der Waals surface area contributed by atoms with Crippen LogP contribution < -0.4 is 10.2 Å². The van der Waals surface area contributed by atoms with E-state index < -0.39 is 18.3 Å². The van der Waals surface area contributed by atoms with Gasteiger partial charge in [0.05, 0.1) is 18.3 Å². The maximum absolute atomic E-state index is 12.9. The molecule has 1 saturated heterocycles. The molecule has 26 heavy (non-hydrogen) atoms. The topological polar surface area (TPSA) is 48.0 Å². The number of carbonyl (C=O) groups excluding carboxylic acids is 1. The van der Waals surface area contributed by atoms with Gasteiger partial charge in [0.1, 0.15) is 5.75 Å². The van der Waals surface area contributed by atoms with Gasteiger partial charge in [0.25, 0.3) is 5.91 Å². The van der Waals surface area contributed by atoms with E-state index in [4.69, 9.17) is 14.0 Å². The van der Waals surface area contributed by atoms with Crippen LogP contribution in [0, 0.1) is 0 Å². The summed E-state index contributed by atoms with van der Waals surface area (Å²) in [5.41, 5.74) is 0.542. The lowest BCUT2D eigenvalue weighted by molar-refractivity contribution is 0.00578. The van der Waals surface area contributed by atoms with Crippen LogP contribution in [0.2, 0.25) is 0 Å². The van der Waals surface area contributed by atoms with Crippen molar-refractivity contribution in [3.8, 4) is 5.75 Å². The average Bonchev–Trinajstić information content (AvgIpc) is 2.73. The minimum atomic E-state index is -0.523. The molecule has 2 rings (SSSR count). The summed E-state index contributed by atoms with van der Waals surface area (Å²) in [6.45, 7) is 16.1. The predicted molar refractivity (Wildman–Crippen MR) is 105 cm³/mol. The van der Waals surface area contributed by atoms with Gasteiger partial charge in [0.2, 0.25) is 0 Å². The fourth-order valence-corrected chi connectivity index (χ4v) is 3.22. The normalized spacial score (nSPS) is 18.5. The molecule has 6 heteroatoms. The Morgan fingerprint density at radius 2 is 1.54 bits per heavy atom. The third-order valence-electron chi connectivity index (χ3n) is 5.33. The fourth-order valence-electron chi connectivity index (χ4n) is 3.22. The third-order valence-corrected chi connectivity index (χ3v) is 5.33. The maximum Gasteiger partial charge on any atom is 0.498 e. The highest BCUT2D eigenvalue weighted by Crippen LogP contribution is 2.37. The van der Waals surface area contributed by atoms with Gasteiger partial charge >= 0.3 is 7.12 Å². The summed E-state index contributed by atoms with van der Waals surface area (Å²) in [6.07, 6.45) is 0. The molecule has 0 atom stereocenters. The van der Waals surface area contributed by atoms with Crippen LogP contribution in [0.25, 0.3) is 0 Å². The number of hydrogen-bond acceptors (Lipinski definition) is 4. The zero-order valence-corrected chi connectivity index (χ0v) is 17.5. The van der Waals surface area contributed by atoms with E-state index in [0.29, 0.717) is 11.3 Å². The minimum Gasteiger partial charge on any atom is -0.497 e. The van der Waals surface area contributed by atoms with Crippen LogP contribution in [0.3, 0.4) is 0 Å². The number of benzene rings is 1. The van der Waals surface area contributed by atoms with Crippen molar-refractivity contribution in [3.05, 3.63) is 23.8 Å². The lowest BCUT2D eigenvalue weighted by Crippen LogP contribution is -2.42. The van der Waals surface area contributed by atoms with Crippen LogP contribution in [0.5, 0.6) is 5.75 Å². The molecule has 144 valence electrons. The molecule has 1 fully saturated rings. The highest BCUT2D eigenvalue weighted by molar-refractivity contribution is 6.63. The number of methoxy groups -OCH3 is 1. The summed E-state index contributed by atoms with van der Waals surface area (Å²) in [4.78, 5) is 14.8. The largest absolute Gasteiger partial charge is 0.498 e. The Morgan fingerprint density at radius 1 is 1.04 bits per heavy atom. The van der Waals surface area contributed by atoms with Crippen molar-refractivity contribution in [3.63, 3.8) is 0 Å². The van der Waals surface area contributed by atoms with Gasteiger partial charge in [-0.2, -0.15) is 0 Å². The molecule has 0 aliphatic carbocycles. The Balaban J connectivity index is 2.36. The molecular weight excluding hydrogens is 329 g/mol. The lowest BCUT2D eigenvalue weighted by Gasteiger charge is -2.32. The number of hydrogen-bond donors (Lipinski definition) is 0. The van der Waals surface area contributed by atoms with Gasteiger partial charge in [-0.1, -0.05) is 6.07 Å². The van der Waals surface area contributed by atoms with Crippen LogP contribution in [-0.2, 0) is 9.31 Å². The van der Waals surface area contributed by atoms with E-state index >= 15 is 0 Å². The van der Waals surface area contributed by atoms with E-state index in [2.05, 4.69) is 0 Å². The van der Waals surface area contributed by atoms with Gasteiger partial charge < -0.3 is 18.9 Å². The second-order valence-corrected chi connectivity index (χ2v) is 8.44. The van der Waals surface area contributed by atoms with E-state index in [0.717, 1.165) is 5.46 Å².